The maximum atomic E-state index is 13.5. The SMILES string of the molecule is O=C(CCOC(=O)N(c1ccccc1-c1ccccc1)N1CC[CH]CC1)Nc1ccc(CNCc2cccnc2)cc1. The lowest BCUT2D eigenvalue weighted by molar-refractivity contribution is -0.116. The van der Waals surface area contributed by atoms with Crippen LogP contribution in [0.5, 0.6) is 0 Å². The first-order chi connectivity index (χ1) is 20.7. The molecule has 0 unspecified atom stereocenters. The van der Waals surface area contributed by atoms with Crippen LogP contribution in [0.25, 0.3) is 11.1 Å². The van der Waals surface area contributed by atoms with Gasteiger partial charge in [0, 0.05) is 49.8 Å². The van der Waals surface area contributed by atoms with Crippen molar-refractivity contribution in [1.82, 2.24) is 15.3 Å². The van der Waals surface area contributed by atoms with E-state index in [4.69, 9.17) is 4.74 Å². The molecule has 1 aromatic heterocycles. The Hall–Kier alpha value is -4.53. The number of nitrogens with one attached hydrogen (secondary N) is 2. The number of pyridine rings is 1. The van der Waals surface area contributed by atoms with Crippen molar-refractivity contribution in [3.05, 3.63) is 121 Å². The van der Waals surface area contributed by atoms with Crippen molar-refractivity contribution in [2.75, 3.05) is 30.0 Å². The summed E-state index contributed by atoms with van der Waals surface area (Å²) in [5.74, 6) is -0.214. The number of amides is 2. The number of benzene rings is 3. The molecule has 5 rings (SSSR count). The van der Waals surface area contributed by atoms with Gasteiger partial charge < -0.3 is 15.4 Å². The molecule has 0 atom stereocenters. The molecule has 215 valence electrons. The van der Waals surface area contributed by atoms with E-state index in [2.05, 4.69) is 22.0 Å². The molecule has 1 fully saturated rings. The van der Waals surface area contributed by atoms with E-state index < -0.39 is 6.09 Å². The Morgan fingerprint density at radius 2 is 1.57 bits per heavy atom. The normalized spacial score (nSPS) is 13.3. The smallest absolute Gasteiger partial charge is 0.429 e. The monoisotopic (exact) mass is 562 g/mol. The third-order valence-electron chi connectivity index (χ3n) is 7.03. The van der Waals surface area contributed by atoms with E-state index in [1.165, 1.54) is 0 Å². The summed E-state index contributed by atoms with van der Waals surface area (Å²) in [5.41, 5.74) is 5.65. The fraction of sp³-hybridized carbons (Fsp3) is 0.235. The third-order valence-corrected chi connectivity index (χ3v) is 7.03. The van der Waals surface area contributed by atoms with Gasteiger partial charge >= 0.3 is 6.09 Å². The molecule has 0 saturated carbocycles. The number of para-hydroxylation sites is 1. The number of aromatic nitrogens is 1. The Morgan fingerprint density at radius 3 is 2.33 bits per heavy atom. The first kappa shape index (κ1) is 29.0. The predicted octanol–water partition coefficient (Wildman–Crippen LogP) is 6.23. The molecule has 0 bridgehead atoms. The Kier molecular flexibility index (Phi) is 10.3. The van der Waals surface area contributed by atoms with Crippen LogP contribution in [0.2, 0.25) is 0 Å². The Bertz CT molecular complexity index is 1420. The van der Waals surface area contributed by atoms with Crippen LogP contribution in [0.15, 0.2) is 103 Å². The van der Waals surface area contributed by atoms with E-state index in [0.717, 1.165) is 47.3 Å². The summed E-state index contributed by atoms with van der Waals surface area (Å²) in [7, 11) is 0. The van der Waals surface area contributed by atoms with Crippen molar-refractivity contribution in [3.63, 3.8) is 0 Å². The Balaban J connectivity index is 1.15. The molecule has 3 aromatic carbocycles. The quantitative estimate of drug-likeness (QED) is 0.226. The van der Waals surface area contributed by atoms with Crippen LogP contribution >= 0.6 is 0 Å². The molecular weight excluding hydrogens is 526 g/mol. The number of hydrazine groups is 1. The molecule has 0 spiro atoms. The van der Waals surface area contributed by atoms with Crippen LogP contribution in [-0.4, -0.2) is 41.7 Å². The number of anilines is 2. The summed E-state index contributed by atoms with van der Waals surface area (Å²) >= 11 is 0. The summed E-state index contributed by atoms with van der Waals surface area (Å²) in [6.07, 6.45) is 7.18. The van der Waals surface area contributed by atoms with Crippen molar-refractivity contribution in [2.45, 2.75) is 32.4 Å². The van der Waals surface area contributed by atoms with Crippen LogP contribution < -0.4 is 15.6 Å². The van der Waals surface area contributed by atoms with Gasteiger partial charge in [0.2, 0.25) is 5.91 Å². The molecule has 1 aliphatic heterocycles. The van der Waals surface area contributed by atoms with Gasteiger partial charge in [-0.05, 0) is 60.2 Å². The minimum atomic E-state index is -0.490. The molecule has 2 N–H and O–H groups in total. The van der Waals surface area contributed by atoms with Gasteiger partial charge in [-0.1, -0.05) is 66.7 Å². The molecule has 0 aliphatic carbocycles. The first-order valence-electron chi connectivity index (χ1n) is 14.3. The number of nitrogens with zero attached hydrogens (tertiary/aromatic N) is 3. The van der Waals surface area contributed by atoms with Gasteiger partial charge in [0.1, 0.15) is 6.61 Å². The van der Waals surface area contributed by atoms with Gasteiger partial charge in [-0.25, -0.2) is 14.8 Å². The molecule has 1 saturated heterocycles. The number of hydrogen-bond donors (Lipinski definition) is 2. The van der Waals surface area contributed by atoms with Crippen molar-refractivity contribution < 1.29 is 14.3 Å². The average molecular weight is 563 g/mol. The lowest BCUT2D eigenvalue weighted by Gasteiger charge is -2.37. The molecule has 8 nitrogen and oxygen atoms in total. The van der Waals surface area contributed by atoms with E-state index >= 15 is 0 Å². The van der Waals surface area contributed by atoms with Crippen LogP contribution in [0.3, 0.4) is 0 Å². The van der Waals surface area contributed by atoms with Crippen molar-refractivity contribution in [3.8, 4) is 11.1 Å². The predicted molar refractivity (Wildman–Crippen MR) is 165 cm³/mol. The van der Waals surface area contributed by atoms with Crippen LogP contribution in [0.1, 0.15) is 30.4 Å². The zero-order valence-electron chi connectivity index (χ0n) is 23.6. The summed E-state index contributed by atoms with van der Waals surface area (Å²) in [6, 6.07) is 29.5. The van der Waals surface area contributed by atoms with Gasteiger partial charge in [-0.2, -0.15) is 0 Å². The zero-order valence-corrected chi connectivity index (χ0v) is 23.6. The van der Waals surface area contributed by atoms with E-state index in [0.29, 0.717) is 25.3 Å². The highest BCUT2D eigenvalue weighted by Crippen LogP contribution is 2.33. The second-order valence-corrected chi connectivity index (χ2v) is 10.1. The first-order valence-corrected chi connectivity index (χ1v) is 14.3. The van der Waals surface area contributed by atoms with E-state index in [-0.39, 0.29) is 18.9 Å². The van der Waals surface area contributed by atoms with Gasteiger partial charge in [0.15, 0.2) is 0 Å². The number of ether oxygens (including phenoxy) is 1. The number of piperidine rings is 1. The Labute approximate surface area is 247 Å². The summed E-state index contributed by atoms with van der Waals surface area (Å²) in [4.78, 5) is 30.3. The average Bonchev–Trinajstić information content (AvgIpc) is 3.04. The summed E-state index contributed by atoms with van der Waals surface area (Å²) in [6.45, 7) is 2.85. The molecule has 2 heterocycles. The van der Waals surface area contributed by atoms with Crippen molar-refractivity contribution >= 4 is 23.4 Å². The lowest BCUT2D eigenvalue weighted by atomic mass is 10.0. The number of rotatable bonds is 11. The van der Waals surface area contributed by atoms with Crippen molar-refractivity contribution in [2.24, 2.45) is 0 Å². The van der Waals surface area contributed by atoms with Crippen LogP contribution in [0.4, 0.5) is 16.2 Å². The minimum Gasteiger partial charge on any atom is -0.448 e. The van der Waals surface area contributed by atoms with E-state index in [1.54, 1.807) is 11.2 Å². The van der Waals surface area contributed by atoms with E-state index in [9.17, 15) is 9.59 Å². The topological polar surface area (TPSA) is 86.8 Å². The molecule has 2 amide bonds. The fourth-order valence-electron chi connectivity index (χ4n) is 4.90. The number of hydrogen-bond acceptors (Lipinski definition) is 6. The number of carbonyl (C=O) groups excluding carboxylic acids is 2. The lowest BCUT2D eigenvalue weighted by Crippen LogP contribution is -2.49. The van der Waals surface area contributed by atoms with E-state index in [1.807, 2.05) is 102 Å². The van der Waals surface area contributed by atoms with Gasteiger partial charge in [0.05, 0.1) is 12.1 Å². The maximum absolute atomic E-state index is 13.5. The van der Waals surface area contributed by atoms with Crippen LogP contribution in [-0.2, 0) is 22.6 Å². The second kappa shape index (κ2) is 14.9. The highest BCUT2D eigenvalue weighted by molar-refractivity contribution is 5.94. The Morgan fingerprint density at radius 1 is 0.833 bits per heavy atom. The highest BCUT2D eigenvalue weighted by atomic mass is 16.6. The standard InChI is InChI=1S/C34H36N5O3/c40-33(37-30-17-15-27(16-18-30)24-36-26-28-10-9-20-35-25-28)19-23-42-34(41)39(38-21-7-2-8-22-38)32-14-6-5-13-31(32)29-11-3-1-4-12-29/h1-6,9-18,20,25,36H,7-8,19,21-24,26H2,(H,37,40). The summed E-state index contributed by atoms with van der Waals surface area (Å²) in [5, 5.41) is 9.94. The van der Waals surface area contributed by atoms with Gasteiger partial charge in [-0.3, -0.25) is 9.78 Å². The molecule has 4 aromatic rings. The number of carbonyl (C=O) groups is 2. The second-order valence-electron chi connectivity index (χ2n) is 10.1. The van der Waals surface area contributed by atoms with Gasteiger partial charge in [0.25, 0.3) is 0 Å². The molecule has 42 heavy (non-hydrogen) atoms. The zero-order chi connectivity index (χ0) is 29.0. The van der Waals surface area contributed by atoms with Crippen LogP contribution in [0, 0.1) is 6.42 Å². The summed E-state index contributed by atoms with van der Waals surface area (Å²) < 4.78 is 5.67. The largest absolute Gasteiger partial charge is 0.448 e. The molecule has 1 radical (unpaired) electrons. The van der Waals surface area contributed by atoms with Crippen molar-refractivity contribution in [1.29, 1.82) is 0 Å². The molecule has 8 heteroatoms. The maximum Gasteiger partial charge on any atom is 0.429 e. The molecule has 1 aliphatic rings. The van der Waals surface area contributed by atoms with Gasteiger partial charge in [-0.15, -0.1) is 0 Å². The highest BCUT2D eigenvalue weighted by Gasteiger charge is 2.28. The third kappa shape index (κ3) is 8.02. The minimum absolute atomic E-state index is 0.0228. The molecular formula is C34H36N5O3. The fourth-order valence-corrected chi connectivity index (χ4v) is 4.90.